The molecule has 0 spiro atoms. The Bertz CT molecular complexity index is 1170. The van der Waals surface area contributed by atoms with E-state index in [1.54, 1.807) is 12.1 Å². The van der Waals surface area contributed by atoms with Gasteiger partial charge in [0.25, 0.3) is 0 Å². The number of Topliss-reactive ketones (excluding diaryl/α,β-unsaturated/α-hetero) is 1. The Morgan fingerprint density at radius 2 is 1.74 bits per heavy atom. The molecule has 0 N–H and O–H groups in total. The molecule has 4 heterocycles. The third-order valence-electron chi connectivity index (χ3n) is 8.27. The number of nitrogens with zero attached hydrogens (tertiary/aromatic N) is 4. The van der Waals surface area contributed by atoms with Crippen LogP contribution in [-0.4, -0.2) is 72.6 Å². The van der Waals surface area contributed by atoms with Crippen LogP contribution in [0.4, 0.5) is 10.2 Å². The summed E-state index contributed by atoms with van der Waals surface area (Å²) in [5.41, 5.74) is 1.50. The maximum Gasteiger partial charge on any atom is 0.180 e. The molecule has 7 heteroatoms. The highest BCUT2D eigenvalue weighted by atomic mass is 19.1. The largest absolute Gasteiger partial charge is 0.354 e. The van der Waals surface area contributed by atoms with E-state index in [1.807, 2.05) is 18.2 Å². The molecule has 3 aliphatic heterocycles. The molecule has 3 saturated heterocycles. The van der Waals surface area contributed by atoms with Gasteiger partial charge in [0, 0.05) is 50.2 Å². The summed E-state index contributed by atoms with van der Waals surface area (Å²) in [4.78, 5) is 20.4. The predicted molar refractivity (Wildman–Crippen MR) is 134 cm³/mol. The number of piperazine rings is 1. The van der Waals surface area contributed by atoms with E-state index < -0.39 is 0 Å². The van der Waals surface area contributed by atoms with Crippen LogP contribution in [0.2, 0.25) is 0 Å². The lowest BCUT2D eigenvalue weighted by molar-refractivity contribution is 0.0627. The fourth-order valence-electron chi connectivity index (χ4n) is 6.29. The Hall–Kier alpha value is -2.77. The minimum absolute atomic E-state index is 0.0631. The van der Waals surface area contributed by atoms with Gasteiger partial charge in [0.2, 0.25) is 0 Å². The number of fused-ring (bicyclic) bond motifs is 2. The van der Waals surface area contributed by atoms with Gasteiger partial charge in [0.05, 0.1) is 5.39 Å². The van der Waals surface area contributed by atoms with E-state index in [9.17, 15) is 9.18 Å². The number of benzene rings is 2. The number of para-hydroxylation sites is 1. The van der Waals surface area contributed by atoms with E-state index in [1.165, 1.54) is 25.0 Å². The van der Waals surface area contributed by atoms with Crippen molar-refractivity contribution in [2.24, 2.45) is 11.8 Å². The summed E-state index contributed by atoms with van der Waals surface area (Å²) in [6, 6.07) is 14.7. The molecule has 0 radical (unpaired) electrons. The lowest BCUT2D eigenvalue weighted by Crippen LogP contribution is -2.57. The van der Waals surface area contributed by atoms with Gasteiger partial charge in [-0.2, -0.15) is 0 Å². The molecule has 0 aliphatic carbocycles. The number of hydrogen-bond donors (Lipinski definition) is 0. The molecule has 184 valence electrons. The second-order valence-corrected chi connectivity index (χ2v) is 10.5. The third-order valence-corrected chi connectivity index (χ3v) is 8.27. The van der Waals surface area contributed by atoms with Gasteiger partial charge >= 0.3 is 0 Å². The van der Waals surface area contributed by atoms with Crippen molar-refractivity contribution in [3.8, 4) is 0 Å². The van der Waals surface area contributed by atoms with Crippen molar-refractivity contribution < 1.29 is 13.7 Å². The van der Waals surface area contributed by atoms with Crippen molar-refractivity contribution in [2.75, 3.05) is 50.7 Å². The molecular weight excluding hydrogens is 443 g/mol. The summed E-state index contributed by atoms with van der Waals surface area (Å²) < 4.78 is 18.7. The van der Waals surface area contributed by atoms with Crippen molar-refractivity contribution in [1.82, 2.24) is 15.0 Å². The number of carbonyl (C=O) groups excluding carboxylic acids is 1. The summed E-state index contributed by atoms with van der Waals surface area (Å²) in [5, 5.41) is 5.48. The van der Waals surface area contributed by atoms with Crippen molar-refractivity contribution in [3.05, 3.63) is 59.9 Å². The van der Waals surface area contributed by atoms with E-state index in [0.29, 0.717) is 17.5 Å². The molecule has 2 aromatic carbocycles. The van der Waals surface area contributed by atoms with Gasteiger partial charge < -0.3 is 14.3 Å². The molecule has 35 heavy (non-hydrogen) atoms. The lowest BCUT2D eigenvalue weighted by Gasteiger charge is -2.47. The van der Waals surface area contributed by atoms with E-state index in [0.717, 1.165) is 75.4 Å². The minimum Gasteiger partial charge on any atom is -0.354 e. The van der Waals surface area contributed by atoms with E-state index >= 15 is 0 Å². The maximum atomic E-state index is 13.2. The highest BCUT2D eigenvalue weighted by molar-refractivity contribution is 5.97. The summed E-state index contributed by atoms with van der Waals surface area (Å²) >= 11 is 0. The van der Waals surface area contributed by atoms with Crippen molar-refractivity contribution in [1.29, 1.82) is 0 Å². The molecule has 1 aromatic heterocycles. The molecule has 0 bridgehead atoms. The first kappa shape index (κ1) is 22.7. The summed E-state index contributed by atoms with van der Waals surface area (Å²) in [7, 11) is 0. The SMILES string of the molecule is O=C(c1ccc(F)cc1)C1CCN(CC2CCC3CN(c4noc5ccccc45)CCN3C2)CC1. The Labute approximate surface area is 205 Å². The highest BCUT2D eigenvalue weighted by Gasteiger charge is 2.35. The zero-order chi connectivity index (χ0) is 23.8. The van der Waals surface area contributed by atoms with Gasteiger partial charge in [0.1, 0.15) is 5.82 Å². The average Bonchev–Trinajstić information content (AvgIpc) is 3.33. The van der Waals surface area contributed by atoms with Crippen LogP contribution in [-0.2, 0) is 0 Å². The number of hydrogen-bond acceptors (Lipinski definition) is 6. The molecule has 3 aliphatic rings. The van der Waals surface area contributed by atoms with Crippen LogP contribution in [0.5, 0.6) is 0 Å². The second kappa shape index (κ2) is 9.70. The number of likely N-dealkylation sites (tertiary alicyclic amines) is 1. The fraction of sp³-hybridized carbons (Fsp3) is 0.500. The first-order valence-corrected chi connectivity index (χ1v) is 13.0. The molecule has 0 amide bonds. The van der Waals surface area contributed by atoms with Gasteiger partial charge in [0.15, 0.2) is 17.2 Å². The van der Waals surface area contributed by atoms with Gasteiger partial charge in [-0.3, -0.25) is 9.69 Å². The van der Waals surface area contributed by atoms with Crippen LogP contribution in [0.15, 0.2) is 53.1 Å². The van der Waals surface area contributed by atoms with Gasteiger partial charge in [-0.15, -0.1) is 0 Å². The number of aromatic nitrogens is 1. The van der Waals surface area contributed by atoms with Gasteiger partial charge in [-0.25, -0.2) is 4.39 Å². The topological polar surface area (TPSA) is 52.8 Å². The second-order valence-electron chi connectivity index (χ2n) is 10.5. The smallest absolute Gasteiger partial charge is 0.180 e. The Balaban J connectivity index is 0.991. The molecule has 6 rings (SSSR count). The molecule has 2 atom stereocenters. The predicted octanol–water partition coefficient (Wildman–Crippen LogP) is 4.46. The van der Waals surface area contributed by atoms with Crippen LogP contribution in [0.3, 0.4) is 0 Å². The van der Waals surface area contributed by atoms with E-state index in [-0.39, 0.29) is 17.5 Å². The fourth-order valence-corrected chi connectivity index (χ4v) is 6.29. The average molecular weight is 477 g/mol. The number of anilines is 1. The zero-order valence-electron chi connectivity index (χ0n) is 20.1. The normalized spacial score (nSPS) is 24.5. The quantitative estimate of drug-likeness (QED) is 0.507. The van der Waals surface area contributed by atoms with Crippen molar-refractivity contribution in [3.63, 3.8) is 0 Å². The first-order valence-electron chi connectivity index (χ1n) is 13.0. The minimum atomic E-state index is -0.292. The van der Waals surface area contributed by atoms with Gasteiger partial charge in [-0.05, 0) is 81.1 Å². The molecule has 3 fully saturated rings. The highest BCUT2D eigenvalue weighted by Crippen LogP contribution is 2.32. The number of ketones is 1. The number of rotatable bonds is 5. The van der Waals surface area contributed by atoms with Crippen LogP contribution in [0, 0.1) is 17.7 Å². The Morgan fingerprint density at radius 3 is 2.57 bits per heavy atom. The van der Waals surface area contributed by atoms with Gasteiger partial charge in [-0.1, -0.05) is 17.3 Å². The van der Waals surface area contributed by atoms with Crippen LogP contribution in [0.25, 0.3) is 11.0 Å². The number of piperidine rings is 2. The molecule has 0 saturated carbocycles. The van der Waals surface area contributed by atoms with Crippen molar-refractivity contribution >= 4 is 22.6 Å². The summed E-state index contributed by atoms with van der Waals surface area (Å²) in [6.45, 7) is 7.30. The molecule has 3 aromatic rings. The zero-order valence-corrected chi connectivity index (χ0v) is 20.1. The monoisotopic (exact) mass is 476 g/mol. The summed E-state index contributed by atoms with van der Waals surface area (Å²) in [6.07, 6.45) is 4.27. The van der Waals surface area contributed by atoms with E-state index in [4.69, 9.17) is 4.52 Å². The molecular formula is C28H33FN4O2. The maximum absolute atomic E-state index is 13.2. The lowest BCUT2D eigenvalue weighted by atomic mass is 9.87. The number of halogens is 1. The van der Waals surface area contributed by atoms with E-state index in [2.05, 4.69) is 25.9 Å². The molecule has 2 unspecified atom stereocenters. The molecule has 6 nitrogen and oxygen atoms in total. The van der Waals surface area contributed by atoms with Crippen LogP contribution in [0.1, 0.15) is 36.0 Å². The summed E-state index contributed by atoms with van der Waals surface area (Å²) in [5.74, 6) is 1.62. The van der Waals surface area contributed by atoms with Crippen LogP contribution < -0.4 is 4.90 Å². The first-order chi connectivity index (χ1) is 17.1. The third kappa shape index (κ3) is 4.71. The number of carbonyl (C=O) groups is 1. The Kier molecular flexibility index (Phi) is 6.29. The van der Waals surface area contributed by atoms with Crippen molar-refractivity contribution in [2.45, 2.75) is 31.7 Å². The Morgan fingerprint density at radius 1 is 0.943 bits per heavy atom. The van der Waals surface area contributed by atoms with Crippen LogP contribution >= 0.6 is 0 Å². The standard InChI is InChI=1S/C28H33FN4O2/c29-23-8-6-21(7-9-23)27(34)22-11-13-31(14-12-22)17-20-5-10-24-19-33(16-15-32(24)18-20)28-25-3-1-2-4-26(25)35-30-28/h1-4,6-9,20,22,24H,5,10-19H2.